The first kappa shape index (κ1) is 20.7. The average molecular weight is 412 g/mol. The van der Waals surface area contributed by atoms with Gasteiger partial charge in [-0.2, -0.15) is 0 Å². The lowest BCUT2D eigenvalue weighted by molar-refractivity contribution is 0.0951. The van der Waals surface area contributed by atoms with Crippen molar-refractivity contribution in [3.05, 3.63) is 101 Å². The Morgan fingerprint density at radius 2 is 1.38 bits per heavy atom. The smallest absolute Gasteiger partial charge is 0.251 e. The van der Waals surface area contributed by atoms with Gasteiger partial charge in [-0.1, -0.05) is 42.0 Å². The summed E-state index contributed by atoms with van der Waals surface area (Å²) in [5.41, 5.74) is 2.96. The van der Waals surface area contributed by atoms with E-state index in [4.69, 9.17) is 0 Å². The number of aryl methyl sites for hydroxylation is 1. The molecule has 0 bridgehead atoms. The fraction of sp³-hybridized carbons (Fsp3) is 0.136. The molecule has 7 heteroatoms. The summed E-state index contributed by atoms with van der Waals surface area (Å²) in [6.07, 6.45) is 0. The zero-order valence-corrected chi connectivity index (χ0v) is 16.7. The summed E-state index contributed by atoms with van der Waals surface area (Å²) >= 11 is 0. The summed E-state index contributed by atoms with van der Waals surface area (Å²) in [6, 6.07) is 19.2. The number of rotatable bonds is 7. The first-order valence-corrected chi connectivity index (χ1v) is 10.5. The topological polar surface area (TPSA) is 75.3 Å². The second-order valence-electron chi connectivity index (χ2n) is 6.64. The number of hydrogen-bond acceptors (Lipinski definition) is 3. The van der Waals surface area contributed by atoms with Crippen LogP contribution in [-0.4, -0.2) is 14.3 Å². The van der Waals surface area contributed by atoms with Crippen LogP contribution in [0.4, 0.5) is 4.39 Å². The molecule has 0 aliphatic heterocycles. The van der Waals surface area contributed by atoms with Crippen molar-refractivity contribution in [1.29, 1.82) is 0 Å². The lowest BCUT2D eigenvalue weighted by Gasteiger charge is -2.09. The van der Waals surface area contributed by atoms with E-state index < -0.39 is 10.0 Å². The van der Waals surface area contributed by atoms with E-state index in [0.29, 0.717) is 5.56 Å². The number of carbonyl (C=O) groups is 1. The highest BCUT2D eigenvalue weighted by atomic mass is 32.2. The molecule has 0 aliphatic rings. The van der Waals surface area contributed by atoms with Crippen molar-refractivity contribution in [2.45, 2.75) is 24.9 Å². The van der Waals surface area contributed by atoms with Gasteiger partial charge in [0.05, 0.1) is 4.90 Å². The van der Waals surface area contributed by atoms with Crippen molar-refractivity contribution in [2.75, 3.05) is 0 Å². The monoisotopic (exact) mass is 412 g/mol. The lowest BCUT2D eigenvalue weighted by Crippen LogP contribution is -2.24. The SMILES string of the molecule is Cc1ccc(S(=O)(=O)NCc2ccc(C(=O)NCc3ccc(F)cc3)cc2)cc1. The van der Waals surface area contributed by atoms with Gasteiger partial charge < -0.3 is 5.32 Å². The Balaban J connectivity index is 1.56. The molecule has 0 heterocycles. The molecule has 3 rings (SSSR count). The fourth-order valence-corrected chi connectivity index (χ4v) is 3.66. The van der Waals surface area contributed by atoms with Crippen molar-refractivity contribution < 1.29 is 17.6 Å². The van der Waals surface area contributed by atoms with Gasteiger partial charge in [0, 0.05) is 18.7 Å². The standard InChI is InChI=1S/C22H21FN2O3S/c1-16-2-12-21(13-3-16)29(27,28)25-15-18-4-8-19(9-5-18)22(26)24-14-17-6-10-20(23)11-7-17/h2-13,25H,14-15H2,1H3,(H,24,26). The molecule has 0 atom stereocenters. The Bertz CT molecular complexity index is 1080. The van der Waals surface area contributed by atoms with Crippen LogP contribution in [-0.2, 0) is 23.1 Å². The van der Waals surface area contributed by atoms with Gasteiger partial charge in [-0.25, -0.2) is 17.5 Å². The maximum atomic E-state index is 12.9. The van der Waals surface area contributed by atoms with Crippen LogP contribution in [0.15, 0.2) is 77.7 Å². The summed E-state index contributed by atoms with van der Waals surface area (Å²) in [6.45, 7) is 2.30. The Morgan fingerprint density at radius 1 is 0.828 bits per heavy atom. The molecule has 0 radical (unpaired) electrons. The second kappa shape index (κ2) is 8.98. The molecule has 0 aliphatic carbocycles. The van der Waals surface area contributed by atoms with Crippen molar-refractivity contribution in [1.82, 2.24) is 10.0 Å². The molecule has 0 spiro atoms. The van der Waals surface area contributed by atoms with E-state index in [-0.39, 0.29) is 29.7 Å². The third kappa shape index (κ3) is 5.73. The molecule has 3 aromatic rings. The highest BCUT2D eigenvalue weighted by Gasteiger charge is 2.13. The third-order valence-electron chi connectivity index (χ3n) is 4.38. The number of nitrogens with one attached hydrogen (secondary N) is 2. The lowest BCUT2D eigenvalue weighted by atomic mass is 10.1. The highest BCUT2D eigenvalue weighted by molar-refractivity contribution is 7.89. The molecule has 0 saturated heterocycles. The van der Waals surface area contributed by atoms with Gasteiger partial charge in [0.15, 0.2) is 0 Å². The predicted octanol–water partition coefficient (Wildman–Crippen LogP) is 3.54. The minimum Gasteiger partial charge on any atom is -0.348 e. The maximum absolute atomic E-state index is 12.9. The van der Waals surface area contributed by atoms with E-state index in [9.17, 15) is 17.6 Å². The number of sulfonamides is 1. The molecular formula is C22H21FN2O3S. The number of halogens is 1. The third-order valence-corrected chi connectivity index (χ3v) is 5.80. The van der Waals surface area contributed by atoms with E-state index in [1.54, 1.807) is 60.7 Å². The molecule has 29 heavy (non-hydrogen) atoms. The molecule has 0 unspecified atom stereocenters. The first-order valence-electron chi connectivity index (χ1n) is 9.01. The minimum absolute atomic E-state index is 0.119. The number of benzene rings is 3. The molecule has 0 aromatic heterocycles. The van der Waals surface area contributed by atoms with E-state index in [2.05, 4.69) is 10.0 Å². The highest BCUT2D eigenvalue weighted by Crippen LogP contribution is 2.12. The van der Waals surface area contributed by atoms with Gasteiger partial charge in [-0.05, 0) is 54.4 Å². The summed E-state index contributed by atoms with van der Waals surface area (Å²) in [5, 5.41) is 2.76. The van der Waals surface area contributed by atoms with Gasteiger partial charge in [0.25, 0.3) is 5.91 Å². The number of hydrogen-bond donors (Lipinski definition) is 2. The van der Waals surface area contributed by atoms with Gasteiger partial charge in [-0.3, -0.25) is 4.79 Å². The van der Waals surface area contributed by atoms with E-state index in [1.807, 2.05) is 6.92 Å². The van der Waals surface area contributed by atoms with Gasteiger partial charge in [0.2, 0.25) is 10.0 Å². The Labute approximate surface area is 169 Å². The largest absolute Gasteiger partial charge is 0.348 e. The molecule has 5 nitrogen and oxygen atoms in total. The number of amides is 1. The summed E-state index contributed by atoms with van der Waals surface area (Å²) in [5.74, 6) is -0.588. The van der Waals surface area contributed by atoms with Crippen LogP contribution in [0.3, 0.4) is 0 Å². The molecule has 2 N–H and O–H groups in total. The molecule has 3 aromatic carbocycles. The zero-order chi connectivity index (χ0) is 20.9. The zero-order valence-electron chi connectivity index (χ0n) is 15.9. The Hall–Kier alpha value is -3.03. The number of carbonyl (C=O) groups excluding carboxylic acids is 1. The van der Waals surface area contributed by atoms with Crippen LogP contribution in [0.25, 0.3) is 0 Å². The van der Waals surface area contributed by atoms with Crippen LogP contribution in [0.1, 0.15) is 27.0 Å². The van der Waals surface area contributed by atoms with Crippen LogP contribution < -0.4 is 10.0 Å². The second-order valence-corrected chi connectivity index (χ2v) is 8.41. The van der Waals surface area contributed by atoms with E-state index in [0.717, 1.165) is 16.7 Å². The molecule has 0 saturated carbocycles. The van der Waals surface area contributed by atoms with E-state index in [1.165, 1.54) is 12.1 Å². The van der Waals surface area contributed by atoms with Crippen LogP contribution >= 0.6 is 0 Å². The fourth-order valence-electron chi connectivity index (χ4n) is 2.64. The summed E-state index contributed by atoms with van der Waals surface area (Å²) in [7, 11) is -3.60. The van der Waals surface area contributed by atoms with Crippen LogP contribution in [0.5, 0.6) is 0 Å². The van der Waals surface area contributed by atoms with Crippen molar-refractivity contribution >= 4 is 15.9 Å². The molecule has 0 fully saturated rings. The Morgan fingerprint density at radius 3 is 2.00 bits per heavy atom. The minimum atomic E-state index is -3.60. The normalized spacial score (nSPS) is 11.2. The molecule has 150 valence electrons. The van der Waals surface area contributed by atoms with E-state index >= 15 is 0 Å². The molecular weight excluding hydrogens is 391 g/mol. The Kier molecular flexibility index (Phi) is 6.41. The van der Waals surface area contributed by atoms with Crippen molar-refractivity contribution in [2.24, 2.45) is 0 Å². The summed E-state index contributed by atoms with van der Waals surface area (Å²) in [4.78, 5) is 12.4. The van der Waals surface area contributed by atoms with Crippen LogP contribution in [0.2, 0.25) is 0 Å². The van der Waals surface area contributed by atoms with Gasteiger partial charge in [-0.15, -0.1) is 0 Å². The average Bonchev–Trinajstić information content (AvgIpc) is 2.72. The van der Waals surface area contributed by atoms with Gasteiger partial charge >= 0.3 is 0 Å². The summed E-state index contributed by atoms with van der Waals surface area (Å²) < 4.78 is 40.1. The molecule has 1 amide bonds. The predicted molar refractivity (Wildman–Crippen MR) is 109 cm³/mol. The maximum Gasteiger partial charge on any atom is 0.251 e. The van der Waals surface area contributed by atoms with Crippen molar-refractivity contribution in [3.63, 3.8) is 0 Å². The first-order chi connectivity index (χ1) is 13.8. The van der Waals surface area contributed by atoms with Gasteiger partial charge in [0.1, 0.15) is 5.82 Å². The van der Waals surface area contributed by atoms with Crippen molar-refractivity contribution in [3.8, 4) is 0 Å². The quantitative estimate of drug-likeness (QED) is 0.623. The van der Waals surface area contributed by atoms with Crippen LogP contribution in [0, 0.1) is 12.7 Å².